The Kier molecular flexibility index (Phi) is 6.70. The second kappa shape index (κ2) is 8.99. The fraction of sp³-hybridized carbons (Fsp3) is 0.895. The number of nitrogens with zero attached hydrogens (tertiary/aromatic N) is 3. The number of hydrogen-bond acceptors (Lipinski definition) is 4. The molecule has 25 heavy (non-hydrogen) atoms. The van der Waals surface area contributed by atoms with Gasteiger partial charge in [0.1, 0.15) is 0 Å². The minimum absolute atomic E-state index is 0.0833. The third-order valence-electron chi connectivity index (χ3n) is 6.14. The van der Waals surface area contributed by atoms with Gasteiger partial charge in [0.25, 0.3) is 0 Å². The number of carbonyl (C=O) groups is 2. The summed E-state index contributed by atoms with van der Waals surface area (Å²) in [6.07, 6.45) is 4.59. The highest BCUT2D eigenvalue weighted by molar-refractivity contribution is 5.79. The van der Waals surface area contributed by atoms with E-state index in [4.69, 9.17) is 4.74 Å². The van der Waals surface area contributed by atoms with Crippen molar-refractivity contribution in [2.24, 2.45) is 11.8 Å². The number of rotatable bonds is 5. The maximum atomic E-state index is 12.4. The van der Waals surface area contributed by atoms with Crippen molar-refractivity contribution in [1.29, 1.82) is 0 Å². The number of carbonyl (C=O) groups excluding carboxylic acids is 2. The summed E-state index contributed by atoms with van der Waals surface area (Å²) in [7, 11) is 0. The number of ether oxygens (including phenoxy) is 1. The molecular weight excluding hydrogens is 318 g/mol. The molecule has 3 heterocycles. The maximum absolute atomic E-state index is 12.4. The van der Waals surface area contributed by atoms with E-state index in [0.717, 1.165) is 78.1 Å². The Morgan fingerprint density at radius 3 is 2.28 bits per heavy atom. The van der Waals surface area contributed by atoms with Crippen molar-refractivity contribution in [2.75, 3.05) is 59.0 Å². The quantitative estimate of drug-likeness (QED) is 0.747. The molecular formula is C19H33N3O3. The topological polar surface area (TPSA) is 53.1 Å². The molecule has 3 aliphatic heterocycles. The van der Waals surface area contributed by atoms with Gasteiger partial charge in [0.05, 0.1) is 12.5 Å². The molecule has 0 N–H and O–H groups in total. The number of piperazine rings is 1. The summed E-state index contributed by atoms with van der Waals surface area (Å²) in [4.78, 5) is 31.3. The van der Waals surface area contributed by atoms with Gasteiger partial charge >= 0.3 is 0 Å². The molecule has 6 nitrogen and oxygen atoms in total. The molecule has 3 aliphatic rings. The summed E-state index contributed by atoms with van der Waals surface area (Å²) in [5, 5.41) is 0. The standard InChI is InChI=1S/C19H33N3O3/c1-2-20-10-12-21(13-11-20)18(23)4-3-16-5-8-22(9-6-16)19(24)17-7-14-25-15-17/h16-17H,2-15H2,1H3/t17-/m0/s1. The van der Waals surface area contributed by atoms with E-state index in [1.807, 2.05) is 9.80 Å². The molecule has 0 spiro atoms. The molecule has 1 atom stereocenters. The predicted octanol–water partition coefficient (Wildman–Crippen LogP) is 1.21. The van der Waals surface area contributed by atoms with Gasteiger partial charge in [-0.05, 0) is 38.1 Å². The molecule has 3 saturated heterocycles. The summed E-state index contributed by atoms with van der Waals surface area (Å²) in [5.41, 5.74) is 0. The Morgan fingerprint density at radius 2 is 1.68 bits per heavy atom. The van der Waals surface area contributed by atoms with Crippen LogP contribution in [0.25, 0.3) is 0 Å². The summed E-state index contributed by atoms with van der Waals surface area (Å²) in [6, 6.07) is 0. The van der Waals surface area contributed by atoms with E-state index in [0.29, 0.717) is 24.9 Å². The lowest BCUT2D eigenvalue weighted by Crippen LogP contribution is -2.48. The normalized spacial score (nSPS) is 26.2. The van der Waals surface area contributed by atoms with Crippen LogP contribution in [0.15, 0.2) is 0 Å². The highest BCUT2D eigenvalue weighted by atomic mass is 16.5. The second-order valence-corrected chi connectivity index (χ2v) is 7.68. The first kappa shape index (κ1) is 18.6. The van der Waals surface area contributed by atoms with Crippen LogP contribution in [0.1, 0.15) is 39.0 Å². The van der Waals surface area contributed by atoms with Gasteiger partial charge < -0.3 is 19.4 Å². The third-order valence-corrected chi connectivity index (χ3v) is 6.14. The van der Waals surface area contributed by atoms with Crippen molar-refractivity contribution in [3.8, 4) is 0 Å². The van der Waals surface area contributed by atoms with Crippen LogP contribution in [-0.4, -0.2) is 85.5 Å². The average molecular weight is 351 g/mol. The number of likely N-dealkylation sites (N-methyl/N-ethyl adjacent to an activating group) is 1. The minimum Gasteiger partial charge on any atom is -0.381 e. The van der Waals surface area contributed by atoms with Crippen LogP contribution in [0.2, 0.25) is 0 Å². The number of hydrogen-bond donors (Lipinski definition) is 0. The summed E-state index contributed by atoms with van der Waals surface area (Å²) in [6.45, 7) is 10.0. The van der Waals surface area contributed by atoms with Gasteiger partial charge in [-0.15, -0.1) is 0 Å². The van der Waals surface area contributed by atoms with E-state index in [2.05, 4.69) is 11.8 Å². The van der Waals surface area contributed by atoms with Crippen LogP contribution in [0.3, 0.4) is 0 Å². The van der Waals surface area contributed by atoms with E-state index >= 15 is 0 Å². The molecule has 0 aromatic heterocycles. The lowest BCUT2D eigenvalue weighted by molar-refractivity contribution is -0.137. The summed E-state index contributed by atoms with van der Waals surface area (Å²) < 4.78 is 5.33. The van der Waals surface area contributed by atoms with Gasteiger partial charge in [-0.1, -0.05) is 6.92 Å². The van der Waals surface area contributed by atoms with Gasteiger partial charge in [0.15, 0.2) is 0 Å². The van der Waals surface area contributed by atoms with Crippen LogP contribution < -0.4 is 0 Å². The number of piperidine rings is 1. The molecule has 0 aliphatic carbocycles. The molecule has 142 valence electrons. The predicted molar refractivity (Wildman–Crippen MR) is 96.2 cm³/mol. The Balaban J connectivity index is 1.33. The minimum atomic E-state index is 0.0833. The van der Waals surface area contributed by atoms with Gasteiger partial charge in [-0.3, -0.25) is 9.59 Å². The van der Waals surface area contributed by atoms with Crippen molar-refractivity contribution in [2.45, 2.75) is 39.0 Å². The largest absolute Gasteiger partial charge is 0.381 e. The first-order valence-corrected chi connectivity index (χ1v) is 10.0. The Hall–Kier alpha value is -1.14. The van der Waals surface area contributed by atoms with Gasteiger partial charge in [0, 0.05) is 52.3 Å². The van der Waals surface area contributed by atoms with E-state index in [9.17, 15) is 9.59 Å². The van der Waals surface area contributed by atoms with E-state index in [-0.39, 0.29) is 11.8 Å². The van der Waals surface area contributed by atoms with Crippen molar-refractivity contribution < 1.29 is 14.3 Å². The zero-order valence-electron chi connectivity index (χ0n) is 15.6. The molecule has 0 aromatic rings. The smallest absolute Gasteiger partial charge is 0.228 e. The monoisotopic (exact) mass is 351 g/mol. The maximum Gasteiger partial charge on any atom is 0.228 e. The Morgan fingerprint density at radius 1 is 0.960 bits per heavy atom. The highest BCUT2D eigenvalue weighted by Gasteiger charge is 2.31. The third kappa shape index (κ3) is 4.94. The fourth-order valence-electron chi connectivity index (χ4n) is 4.23. The molecule has 3 fully saturated rings. The highest BCUT2D eigenvalue weighted by Crippen LogP contribution is 2.25. The molecule has 0 aromatic carbocycles. The molecule has 0 radical (unpaired) electrons. The van der Waals surface area contributed by atoms with Crippen LogP contribution in [0.4, 0.5) is 0 Å². The van der Waals surface area contributed by atoms with Gasteiger partial charge in [-0.2, -0.15) is 0 Å². The molecule has 0 unspecified atom stereocenters. The first-order chi connectivity index (χ1) is 12.2. The SMILES string of the molecule is CCN1CCN(C(=O)CCC2CCN(C(=O)[C@H]3CCOC3)CC2)CC1. The van der Waals surface area contributed by atoms with Crippen molar-refractivity contribution in [3.05, 3.63) is 0 Å². The first-order valence-electron chi connectivity index (χ1n) is 10.0. The lowest BCUT2D eigenvalue weighted by atomic mass is 9.91. The Labute approximate surface area is 151 Å². The van der Waals surface area contributed by atoms with E-state index < -0.39 is 0 Å². The van der Waals surface area contributed by atoms with Crippen LogP contribution in [-0.2, 0) is 14.3 Å². The zero-order valence-corrected chi connectivity index (χ0v) is 15.6. The van der Waals surface area contributed by atoms with Crippen molar-refractivity contribution in [1.82, 2.24) is 14.7 Å². The molecule has 0 saturated carbocycles. The molecule has 3 rings (SSSR count). The summed E-state index contributed by atoms with van der Waals surface area (Å²) in [5.74, 6) is 1.27. The molecule has 2 amide bonds. The number of amides is 2. The van der Waals surface area contributed by atoms with Crippen LogP contribution in [0, 0.1) is 11.8 Å². The van der Waals surface area contributed by atoms with Crippen LogP contribution in [0.5, 0.6) is 0 Å². The molecule has 0 bridgehead atoms. The van der Waals surface area contributed by atoms with Crippen LogP contribution >= 0.6 is 0 Å². The summed E-state index contributed by atoms with van der Waals surface area (Å²) >= 11 is 0. The van der Waals surface area contributed by atoms with Crippen molar-refractivity contribution in [3.63, 3.8) is 0 Å². The van der Waals surface area contributed by atoms with Crippen molar-refractivity contribution >= 4 is 11.8 Å². The number of likely N-dealkylation sites (tertiary alicyclic amines) is 1. The zero-order chi connectivity index (χ0) is 17.6. The van der Waals surface area contributed by atoms with Gasteiger partial charge in [-0.25, -0.2) is 0 Å². The fourth-order valence-corrected chi connectivity index (χ4v) is 4.23. The van der Waals surface area contributed by atoms with E-state index in [1.165, 1.54) is 0 Å². The van der Waals surface area contributed by atoms with E-state index in [1.54, 1.807) is 0 Å². The second-order valence-electron chi connectivity index (χ2n) is 7.68. The lowest BCUT2D eigenvalue weighted by Gasteiger charge is -2.35. The van der Waals surface area contributed by atoms with Gasteiger partial charge in [0.2, 0.25) is 11.8 Å². The molecule has 6 heteroatoms. The Bertz CT molecular complexity index is 449. The average Bonchev–Trinajstić information content (AvgIpc) is 3.21.